The Bertz CT molecular complexity index is 808. The van der Waals surface area contributed by atoms with Crippen LogP contribution in [0.15, 0.2) is 23.0 Å². The van der Waals surface area contributed by atoms with E-state index in [-0.39, 0.29) is 23.7 Å². The van der Waals surface area contributed by atoms with Gasteiger partial charge in [0.2, 0.25) is 0 Å². The molecule has 5 aliphatic rings. The van der Waals surface area contributed by atoms with Gasteiger partial charge in [0.1, 0.15) is 11.2 Å². The van der Waals surface area contributed by atoms with Crippen molar-refractivity contribution >= 4 is 0 Å². The quantitative estimate of drug-likeness (QED) is 0.725. The number of fused-ring (bicyclic) bond motifs is 3. The maximum Gasteiger partial charge on any atom is 0.106 e. The van der Waals surface area contributed by atoms with Crippen LogP contribution in [-0.4, -0.2) is 41.2 Å². The van der Waals surface area contributed by atoms with Crippen molar-refractivity contribution in [2.45, 2.75) is 88.6 Å². The molecule has 1 aromatic heterocycles. The second kappa shape index (κ2) is 6.34. The van der Waals surface area contributed by atoms with Gasteiger partial charge >= 0.3 is 0 Å². The number of furan rings is 1. The van der Waals surface area contributed by atoms with E-state index < -0.39 is 5.60 Å². The van der Waals surface area contributed by atoms with E-state index in [0.717, 1.165) is 24.8 Å². The zero-order valence-corrected chi connectivity index (χ0v) is 18.3. The lowest BCUT2D eigenvalue weighted by molar-refractivity contribution is -0.195. The first kappa shape index (κ1) is 19.8. The van der Waals surface area contributed by atoms with E-state index in [4.69, 9.17) is 19.0 Å². The number of epoxide rings is 1. The van der Waals surface area contributed by atoms with Gasteiger partial charge in [-0.2, -0.15) is 0 Å². The van der Waals surface area contributed by atoms with Crippen molar-refractivity contribution in [2.24, 2.45) is 28.6 Å². The van der Waals surface area contributed by atoms with Gasteiger partial charge in [0.25, 0.3) is 0 Å². The lowest BCUT2D eigenvalue weighted by Gasteiger charge is -2.62. The highest BCUT2D eigenvalue weighted by Gasteiger charge is 2.84. The molecule has 0 bridgehead atoms. The first-order valence-corrected chi connectivity index (χ1v) is 12.0. The van der Waals surface area contributed by atoms with Crippen LogP contribution in [0.1, 0.15) is 70.8 Å². The van der Waals surface area contributed by atoms with Gasteiger partial charge in [-0.25, -0.2) is 0 Å². The Hall–Kier alpha value is -0.880. The van der Waals surface area contributed by atoms with Gasteiger partial charge < -0.3 is 24.1 Å². The Kier molecular flexibility index (Phi) is 4.18. The van der Waals surface area contributed by atoms with Crippen LogP contribution in [0.4, 0.5) is 0 Å². The molecule has 1 aliphatic heterocycles. The van der Waals surface area contributed by atoms with Crippen molar-refractivity contribution < 1.29 is 24.1 Å². The Morgan fingerprint density at radius 3 is 2.77 bits per heavy atom. The molecular formula is C25H36O5. The van der Waals surface area contributed by atoms with E-state index in [0.29, 0.717) is 42.3 Å². The van der Waals surface area contributed by atoms with Crippen LogP contribution in [0.5, 0.6) is 0 Å². The molecule has 2 N–H and O–H groups in total. The molecule has 1 aromatic rings. The van der Waals surface area contributed by atoms with Crippen LogP contribution in [-0.2, 0) is 15.1 Å². The van der Waals surface area contributed by atoms with E-state index in [2.05, 4.69) is 13.8 Å². The van der Waals surface area contributed by atoms with E-state index in [1.54, 1.807) is 12.5 Å². The third-order valence-electron chi connectivity index (χ3n) is 10.6. The molecule has 30 heavy (non-hydrogen) atoms. The van der Waals surface area contributed by atoms with Crippen molar-refractivity contribution in [3.05, 3.63) is 24.2 Å². The molecule has 0 amide bonds. The molecule has 0 radical (unpaired) electrons. The minimum absolute atomic E-state index is 0.114. The number of aliphatic hydroxyl groups is 2. The van der Waals surface area contributed by atoms with Gasteiger partial charge in [-0.05, 0) is 74.2 Å². The van der Waals surface area contributed by atoms with Crippen molar-refractivity contribution in [3.63, 3.8) is 0 Å². The molecule has 5 heteroatoms. The molecule has 1 saturated heterocycles. The third-order valence-corrected chi connectivity index (χ3v) is 10.6. The van der Waals surface area contributed by atoms with Crippen LogP contribution >= 0.6 is 0 Å². The fraction of sp³-hybridized carbons (Fsp3) is 0.840. The maximum absolute atomic E-state index is 11.9. The van der Waals surface area contributed by atoms with Crippen LogP contribution in [0.25, 0.3) is 0 Å². The molecule has 5 fully saturated rings. The van der Waals surface area contributed by atoms with E-state index in [9.17, 15) is 5.11 Å². The largest absolute Gasteiger partial charge is 0.472 e. The van der Waals surface area contributed by atoms with Gasteiger partial charge in [-0.1, -0.05) is 13.8 Å². The van der Waals surface area contributed by atoms with Crippen LogP contribution < -0.4 is 0 Å². The highest BCUT2D eigenvalue weighted by Crippen LogP contribution is 2.79. The van der Waals surface area contributed by atoms with Gasteiger partial charge in [0.15, 0.2) is 0 Å². The molecule has 6 rings (SSSR count). The van der Waals surface area contributed by atoms with Crippen molar-refractivity contribution in [1.82, 2.24) is 0 Å². The fourth-order valence-corrected chi connectivity index (χ4v) is 8.99. The highest BCUT2D eigenvalue weighted by molar-refractivity contribution is 5.37. The zero-order valence-electron chi connectivity index (χ0n) is 18.3. The topological polar surface area (TPSA) is 75.4 Å². The van der Waals surface area contributed by atoms with Crippen molar-refractivity contribution in [3.8, 4) is 0 Å². The number of hydrogen-bond acceptors (Lipinski definition) is 5. The van der Waals surface area contributed by atoms with Crippen LogP contribution in [0.2, 0.25) is 0 Å². The summed E-state index contributed by atoms with van der Waals surface area (Å²) in [6.45, 7) is 5.40. The summed E-state index contributed by atoms with van der Waals surface area (Å²) in [5.41, 5.74) is 0.00685. The fourth-order valence-electron chi connectivity index (χ4n) is 8.99. The normalized spacial score (nSPS) is 54.1. The lowest BCUT2D eigenvalue weighted by atomic mass is 9.43. The predicted molar refractivity (Wildman–Crippen MR) is 111 cm³/mol. The van der Waals surface area contributed by atoms with E-state index in [1.165, 1.54) is 25.7 Å². The standard InChI is InChI=1S/C25H36O5/c1-22-8-5-18(29-12-10-26)13-16(22)3-4-20-19(22)6-9-23(2)24(27,17-7-11-28-15-17)14-21-25(20,23)30-21/h7,11,15-16,18-21,26-27H,3-6,8-10,12-14H2,1-2H3/t16-,18+,19?,20?,21-,22+,23-,24+,25?/m1/s1. The molecule has 5 nitrogen and oxygen atoms in total. The van der Waals surface area contributed by atoms with Crippen LogP contribution in [0.3, 0.4) is 0 Å². The number of aliphatic hydroxyl groups excluding tert-OH is 1. The second-order valence-electron chi connectivity index (χ2n) is 11.3. The molecule has 3 unspecified atom stereocenters. The molecule has 166 valence electrons. The number of rotatable bonds is 4. The minimum atomic E-state index is -0.846. The Morgan fingerprint density at radius 1 is 1.13 bits per heavy atom. The summed E-state index contributed by atoms with van der Waals surface area (Å²) in [5, 5.41) is 21.1. The van der Waals surface area contributed by atoms with Crippen molar-refractivity contribution in [1.29, 1.82) is 0 Å². The summed E-state index contributed by atoms with van der Waals surface area (Å²) in [4.78, 5) is 0. The van der Waals surface area contributed by atoms with Gasteiger partial charge in [-0.15, -0.1) is 0 Å². The summed E-state index contributed by atoms with van der Waals surface area (Å²) < 4.78 is 17.9. The smallest absolute Gasteiger partial charge is 0.106 e. The Balaban J connectivity index is 1.29. The SMILES string of the molecule is C[C@]12CCC3C(CC[C@@H]4C[C@@H](OCCO)CC[C@]34C)C13O[C@@H]3C[C@]2(O)c1ccoc1. The molecule has 4 saturated carbocycles. The Labute approximate surface area is 179 Å². The first-order valence-electron chi connectivity index (χ1n) is 12.0. The maximum atomic E-state index is 11.9. The van der Waals surface area contributed by atoms with E-state index >= 15 is 0 Å². The molecule has 0 aromatic carbocycles. The van der Waals surface area contributed by atoms with Gasteiger partial charge in [0.05, 0.1) is 37.9 Å². The number of hydrogen-bond donors (Lipinski definition) is 2. The molecule has 4 aliphatic carbocycles. The van der Waals surface area contributed by atoms with Crippen molar-refractivity contribution in [2.75, 3.05) is 13.2 Å². The molecule has 2 heterocycles. The lowest BCUT2D eigenvalue weighted by Crippen LogP contribution is -2.61. The summed E-state index contributed by atoms with van der Waals surface area (Å²) in [6.07, 6.45) is 12.7. The molecule has 9 atom stereocenters. The summed E-state index contributed by atoms with van der Waals surface area (Å²) in [6, 6.07) is 1.95. The average molecular weight is 417 g/mol. The predicted octanol–water partition coefficient (Wildman–Crippen LogP) is 4.02. The Morgan fingerprint density at radius 2 is 2.00 bits per heavy atom. The van der Waals surface area contributed by atoms with E-state index in [1.807, 2.05) is 6.07 Å². The molecule has 1 spiro atoms. The van der Waals surface area contributed by atoms with Gasteiger partial charge in [-0.3, -0.25) is 0 Å². The monoisotopic (exact) mass is 416 g/mol. The molecular weight excluding hydrogens is 380 g/mol. The average Bonchev–Trinajstić information content (AvgIpc) is 3.11. The summed E-state index contributed by atoms with van der Waals surface area (Å²) >= 11 is 0. The van der Waals surface area contributed by atoms with Gasteiger partial charge in [0, 0.05) is 17.4 Å². The van der Waals surface area contributed by atoms with Crippen LogP contribution in [0, 0.1) is 28.6 Å². The number of ether oxygens (including phenoxy) is 2. The summed E-state index contributed by atoms with van der Waals surface area (Å²) in [5.74, 6) is 1.90. The third kappa shape index (κ3) is 2.23. The minimum Gasteiger partial charge on any atom is -0.472 e. The summed E-state index contributed by atoms with van der Waals surface area (Å²) in [7, 11) is 0. The zero-order chi connectivity index (χ0) is 20.8. The highest BCUT2D eigenvalue weighted by atomic mass is 16.6. The first-order chi connectivity index (χ1) is 14.4. The second-order valence-corrected chi connectivity index (χ2v) is 11.3.